The molecule has 0 spiro atoms. The molecule has 0 fully saturated rings. The van der Waals surface area contributed by atoms with Gasteiger partial charge in [0.2, 0.25) is 5.91 Å². The summed E-state index contributed by atoms with van der Waals surface area (Å²) in [4.78, 5) is 25.4. The lowest BCUT2D eigenvalue weighted by molar-refractivity contribution is -0.113. The lowest BCUT2D eigenvalue weighted by Gasteiger charge is -2.11. The Morgan fingerprint density at radius 3 is 2.62 bits per heavy atom. The Kier molecular flexibility index (Phi) is 8.76. The second-order valence-corrected chi connectivity index (χ2v) is 9.72. The van der Waals surface area contributed by atoms with Gasteiger partial charge in [0, 0.05) is 17.5 Å². The van der Waals surface area contributed by atoms with Crippen LogP contribution in [0.25, 0.3) is 11.1 Å². The van der Waals surface area contributed by atoms with E-state index >= 15 is 0 Å². The van der Waals surface area contributed by atoms with Gasteiger partial charge in [-0.1, -0.05) is 66.4 Å². The van der Waals surface area contributed by atoms with Crippen molar-refractivity contribution in [3.63, 3.8) is 0 Å². The molecule has 4 rings (SSSR count). The molecule has 4 aromatic rings. The summed E-state index contributed by atoms with van der Waals surface area (Å²) in [5, 5.41) is 14.2. The second kappa shape index (κ2) is 12.4. The second-order valence-electron chi connectivity index (χ2n) is 7.90. The molecule has 0 aliphatic rings. The number of thioether (sulfide) groups is 1. The maximum atomic E-state index is 12.8. The number of rotatable bonds is 11. The molecule has 0 radical (unpaired) electrons. The smallest absolute Gasteiger partial charge is 0.341 e. The third-order valence-electron chi connectivity index (χ3n) is 5.41. The monoisotopic (exact) mass is 534 g/mol. The Morgan fingerprint density at radius 1 is 1.14 bits per heavy atom. The van der Waals surface area contributed by atoms with Crippen LogP contribution in [0.2, 0.25) is 0 Å². The van der Waals surface area contributed by atoms with E-state index in [1.165, 1.54) is 30.2 Å². The number of nitrogens with one attached hydrogen (secondary N) is 1. The summed E-state index contributed by atoms with van der Waals surface area (Å²) in [7, 11) is 1.32. The minimum atomic E-state index is -0.507. The Balaban J connectivity index is 1.44. The molecule has 2 aromatic carbocycles. The molecule has 0 unspecified atom stereocenters. The first kappa shape index (κ1) is 26.2. The van der Waals surface area contributed by atoms with E-state index in [9.17, 15) is 9.59 Å². The van der Waals surface area contributed by atoms with Crippen LogP contribution in [0.3, 0.4) is 0 Å². The molecule has 2 heterocycles. The average Bonchev–Trinajstić information content (AvgIpc) is 3.51. The van der Waals surface area contributed by atoms with Gasteiger partial charge in [-0.15, -0.1) is 28.1 Å². The molecule has 190 valence electrons. The van der Waals surface area contributed by atoms with Crippen molar-refractivity contribution in [2.24, 2.45) is 0 Å². The molecule has 0 saturated heterocycles. The molecule has 37 heavy (non-hydrogen) atoms. The maximum Gasteiger partial charge on any atom is 0.341 e. The Hall–Kier alpha value is -3.89. The minimum absolute atomic E-state index is 0.0765. The van der Waals surface area contributed by atoms with Crippen molar-refractivity contribution in [2.45, 2.75) is 25.2 Å². The third-order valence-corrected chi connectivity index (χ3v) is 7.27. The van der Waals surface area contributed by atoms with Crippen LogP contribution < -0.4 is 10.1 Å². The standard InChI is InChI=1S/C27H26N4O4S2/c1-4-14-31-22(15-35-21-13-9-8-10-18(21)2)29-30-27(31)37-17-23(32)28-25-24(26(33)34-3)20(16-36-25)19-11-6-5-7-12-19/h4-13,16H,1,14-15,17H2,2-3H3,(H,28,32). The van der Waals surface area contributed by atoms with Gasteiger partial charge in [-0.3, -0.25) is 9.36 Å². The van der Waals surface area contributed by atoms with Crippen LogP contribution in [0, 0.1) is 6.92 Å². The number of hydrogen-bond donors (Lipinski definition) is 1. The van der Waals surface area contributed by atoms with Gasteiger partial charge in [0.05, 0.1) is 12.9 Å². The average molecular weight is 535 g/mol. The van der Waals surface area contributed by atoms with E-state index in [4.69, 9.17) is 9.47 Å². The number of aryl methyl sites for hydroxylation is 1. The number of methoxy groups -OCH3 is 1. The van der Waals surface area contributed by atoms with Crippen molar-refractivity contribution in [2.75, 3.05) is 18.2 Å². The molecule has 0 saturated carbocycles. The Morgan fingerprint density at radius 2 is 1.89 bits per heavy atom. The van der Waals surface area contributed by atoms with Gasteiger partial charge in [-0.2, -0.15) is 0 Å². The molecule has 2 aromatic heterocycles. The number of carbonyl (C=O) groups is 2. The number of benzene rings is 2. The number of anilines is 1. The van der Waals surface area contributed by atoms with Crippen molar-refractivity contribution in [3.8, 4) is 16.9 Å². The van der Waals surface area contributed by atoms with Crippen LogP contribution in [0.1, 0.15) is 21.7 Å². The summed E-state index contributed by atoms with van der Waals surface area (Å²) >= 11 is 2.53. The first-order valence-electron chi connectivity index (χ1n) is 11.4. The molecule has 10 heteroatoms. The van der Waals surface area contributed by atoms with Crippen molar-refractivity contribution >= 4 is 40.0 Å². The van der Waals surface area contributed by atoms with Crippen LogP contribution in [0.4, 0.5) is 5.00 Å². The van der Waals surface area contributed by atoms with Gasteiger partial charge in [0.1, 0.15) is 22.9 Å². The predicted octanol–water partition coefficient (Wildman–Crippen LogP) is 5.60. The fourth-order valence-corrected chi connectivity index (χ4v) is 5.32. The molecule has 1 amide bonds. The molecular formula is C27H26N4O4S2. The van der Waals surface area contributed by atoms with Crippen molar-refractivity contribution in [1.82, 2.24) is 14.8 Å². The van der Waals surface area contributed by atoms with Gasteiger partial charge in [0.15, 0.2) is 11.0 Å². The zero-order chi connectivity index (χ0) is 26.2. The Labute approximate surface area is 223 Å². The fourth-order valence-electron chi connectivity index (χ4n) is 3.58. The van der Waals surface area contributed by atoms with Gasteiger partial charge in [-0.25, -0.2) is 4.79 Å². The predicted molar refractivity (Wildman–Crippen MR) is 146 cm³/mol. The van der Waals surface area contributed by atoms with Crippen molar-refractivity contribution in [3.05, 3.63) is 89.6 Å². The highest BCUT2D eigenvalue weighted by molar-refractivity contribution is 7.99. The zero-order valence-corrected chi connectivity index (χ0v) is 22.1. The molecule has 0 atom stereocenters. The highest BCUT2D eigenvalue weighted by Crippen LogP contribution is 2.36. The topological polar surface area (TPSA) is 95.3 Å². The highest BCUT2D eigenvalue weighted by atomic mass is 32.2. The normalized spacial score (nSPS) is 10.6. The largest absolute Gasteiger partial charge is 0.485 e. The lowest BCUT2D eigenvalue weighted by Crippen LogP contribution is -2.16. The number of amides is 1. The molecule has 1 N–H and O–H groups in total. The summed E-state index contributed by atoms with van der Waals surface area (Å²) < 4.78 is 12.8. The van der Waals surface area contributed by atoms with Gasteiger partial charge < -0.3 is 14.8 Å². The summed E-state index contributed by atoms with van der Waals surface area (Å²) in [6.07, 6.45) is 1.74. The molecule has 0 aliphatic carbocycles. The number of aromatic nitrogens is 3. The summed E-state index contributed by atoms with van der Waals surface area (Å²) in [5.74, 6) is 0.698. The fraction of sp³-hybridized carbons (Fsp3) is 0.185. The van der Waals surface area contributed by atoms with Crippen LogP contribution in [-0.2, 0) is 22.7 Å². The first-order chi connectivity index (χ1) is 18.0. The SMILES string of the molecule is C=CCn1c(COc2ccccc2C)nnc1SCC(=O)Nc1scc(-c2ccccc2)c1C(=O)OC. The quantitative estimate of drug-likeness (QED) is 0.152. The number of allylic oxidation sites excluding steroid dienone is 1. The van der Waals surface area contributed by atoms with Crippen LogP contribution >= 0.6 is 23.1 Å². The molecule has 0 aliphatic heterocycles. The van der Waals surface area contributed by atoms with E-state index in [1.54, 1.807) is 6.08 Å². The van der Waals surface area contributed by atoms with Gasteiger partial charge in [0.25, 0.3) is 0 Å². The number of esters is 1. The number of ether oxygens (including phenoxy) is 2. The maximum absolute atomic E-state index is 12.8. The number of carbonyl (C=O) groups excluding carboxylic acids is 2. The zero-order valence-electron chi connectivity index (χ0n) is 20.5. The van der Waals surface area contributed by atoms with E-state index < -0.39 is 5.97 Å². The van der Waals surface area contributed by atoms with E-state index in [-0.39, 0.29) is 18.3 Å². The van der Waals surface area contributed by atoms with E-state index in [1.807, 2.05) is 71.5 Å². The molecular weight excluding hydrogens is 508 g/mol. The minimum Gasteiger partial charge on any atom is -0.485 e. The number of para-hydroxylation sites is 1. The molecule has 0 bridgehead atoms. The molecule has 8 nitrogen and oxygen atoms in total. The summed E-state index contributed by atoms with van der Waals surface area (Å²) in [6, 6.07) is 17.2. The van der Waals surface area contributed by atoms with E-state index in [2.05, 4.69) is 22.1 Å². The number of nitrogens with zero attached hydrogens (tertiary/aromatic N) is 3. The van der Waals surface area contributed by atoms with Crippen LogP contribution in [-0.4, -0.2) is 39.5 Å². The van der Waals surface area contributed by atoms with Crippen molar-refractivity contribution in [1.29, 1.82) is 0 Å². The summed E-state index contributed by atoms with van der Waals surface area (Å²) in [5.41, 5.74) is 2.94. The summed E-state index contributed by atoms with van der Waals surface area (Å²) in [6.45, 7) is 6.50. The van der Waals surface area contributed by atoms with Gasteiger partial charge >= 0.3 is 5.97 Å². The van der Waals surface area contributed by atoms with E-state index in [0.717, 1.165) is 16.9 Å². The van der Waals surface area contributed by atoms with Crippen molar-refractivity contribution < 1.29 is 19.1 Å². The van der Waals surface area contributed by atoms with Crippen LogP contribution in [0.15, 0.2) is 77.8 Å². The number of hydrogen-bond acceptors (Lipinski definition) is 8. The van der Waals surface area contributed by atoms with E-state index in [0.29, 0.717) is 33.7 Å². The third kappa shape index (κ3) is 6.28. The van der Waals surface area contributed by atoms with Gasteiger partial charge in [-0.05, 0) is 24.1 Å². The number of thiophene rings is 1. The Bertz CT molecular complexity index is 1400. The highest BCUT2D eigenvalue weighted by Gasteiger charge is 2.23. The first-order valence-corrected chi connectivity index (χ1v) is 13.3. The van der Waals surface area contributed by atoms with Crippen LogP contribution in [0.5, 0.6) is 5.75 Å². The lowest BCUT2D eigenvalue weighted by atomic mass is 10.0.